The fourth-order valence-electron chi connectivity index (χ4n) is 1.31. The van der Waals surface area contributed by atoms with Gasteiger partial charge in [-0.1, -0.05) is 27.5 Å². The van der Waals surface area contributed by atoms with Gasteiger partial charge in [0, 0.05) is 4.48 Å². The van der Waals surface area contributed by atoms with Crippen molar-refractivity contribution >= 4 is 33.6 Å². The van der Waals surface area contributed by atoms with Crippen LogP contribution in [-0.2, 0) is 0 Å². The first-order chi connectivity index (χ1) is 6.90. The Morgan fingerprint density at radius 2 is 2.07 bits per heavy atom. The lowest BCUT2D eigenvalue weighted by atomic mass is 10.1. The number of aromatic nitrogens is 2. The number of hydrogen-bond donors (Lipinski definition) is 0. The first-order valence-corrected chi connectivity index (χ1v) is 5.68. The second kappa shape index (κ2) is 3.46. The highest BCUT2D eigenvalue weighted by atomic mass is 79.9. The van der Waals surface area contributed by atoms with Crippen LogP contribution in [0.25, 0.3) is 6.08 Å². The lowest BCUT2D eigenvalue weighted by molar-refractivity contribution is 0.147. The third kappa shape index (κ3) is 1.88. The summed E-state index contributed by atoms with van der Waals surface area (Å²) in [5, 5.41) is 0.421. The highest BCUT2D eigenvalue weighted by Crippen LogP contribution is 2.39. The van der Waals surface area contributed by atoms with Crippen LogP contribution in [-0.4, -0.2) is 15.6 Å². The van der Waals surface area contributed by atoms with Crippen LogP contribution in [0, 0.1) is 6.92 Å². The molecule has 0 radical (unpaired) electrons. The molecule has 1 aliphatic heterocycles. The molecule has 3 nitrogen and oxygen atoms in total. The van der Waals surface area contributed by atoms with Gasteiger partial charge in [-0.2, -0.15) is 4.98 Å². The molecule has 0 amide bonds. The lowest BCUT2D eigenvalue weighted by Crippen LogP contribution is -2.31. The largest absolute Gasteiger partial charge is 0.466 e. The first kappa shape index (κ1) is 10.9. The number of halogens is 2. The second-order valence-electron chi connectivity index (χ2n) is 3.89. The van der Waals surface area contributed by atoms with Gasteiger partial charge in [-0.25, -0.2) is 4.98 Å². The van der Waals surface area contributed by atoms with Crippen molar-refractivity contribution in [1.82, 2.24) is 9.97 Å². The van der Waals surface area contributed by atoms with Crippen molar-refractivity contribution in [3.8, 4) is 5.88 Å². The van der Waals surface area contributed by atoms with Gasteiger partial charge in [-0.05, 0) is 26.8 Å². The number of fused-ring (bicyclic) bond motifs is 1. The summed E-state index contributed by atoms with van der Waals surface area (Å²) in [5.41, 5.74) is 0.324. The molecule has 0 N–H and O–H groups in total. The number of rotatable bonds is 0. The van der Waals surface area contributed by atoms with Crippen molar-refractivity contribution < 1.29 is 4.74 Å². The third-order valence-corrected chi connectivity index (χ3v) is 3.65. The van der Waals surface area contributed by atoms with Gasteiger partial charge in [-0.15, -0.1) is 0 Å². The fraction of sp³-hybridized carbons (Fsp3) is 0.400. The Morgan fingerprint density at radius 3 is 2.73 bits per heavy atom. The number of ether oxygens (including phenoxy) is 1. The summed E-state index contributed by atoms with van der Waals surface area (Å²) in [7, 11) is 0. The maximum absolute atomic E-state index is 6.01. The van der Waals surface area contributed by atoms with Crippen molar-refractivity contribution in [2.45, 2.75) is 26.4 Å². The average Bonchev–Trinajstić information content (AvgIpc) is 2.08. The molecule has 0 atom stereocenters. The second-order valence-corrected chi connectivity index (χ2v) is 5.10. The summed E-state index contributed by atoms with van der Waals surface area (Å²) >= 11 is 9.46. The summed E-state index contributed by atoms with van der Waals surface area (Å²) in [4.78, 5) is 8.30. The Kier molecular flexibility index (Phi) is 2.51. The molecule has 0 spiro atoms. The van der Waals surface area contributed by atoms with Crippen molar-refractivity contribution in [3.05, 3.63) is 21.0 Å². The Labute approximate surface area is 102 Å². The first-order valence-electron chi connectivity index (χ1n) is 4.51. The predicted octanol–water partition coefficient (Wildman–Crippen LogP) is 3.35. The molecule has 0 aromatic carbocycles. The number of nitrogens with zero attached hydrogens (tertiary/aromatic N) is 2. The molecular weight excluding hydrogens is 279 g/mol. The van der Waals surface area contributed by atoms with E-state index in [4.69, 9.17) is 16.3 Å². The van der Waals surface area contributed by atoms with Crippen LogP contribution in [0.4, 0.5) is 0 Å². The lowest BCUT2D eigenvalue weighted by Gasteiger charge is -2.30. The SMILES string of the molecule is Cc1nc(Cl)c2c(n1)OC(C)(C)C(Br)=C2. The smallest absolute Gasteiger partial charge is 0.226 e. The van der Waals surface area contributed by atoms with Crippen molar-refractivity contribution in [2.75, 3.05) is 0 Å². The van der Waals surface area contributed by atoms with Gasteiger partial charge in [0.05, 0.1) is 5.56 Å². The molecule has 1 aromatic heterocycles. The highest BCUT2D eigenvalue weighted by Gasteiger charge is 2.31. The Balaban J connectivity index is 2.62. The van der Waals surface area contributed by atoms with E-state index in [1.807, 2.05) is 19.9 Å². The minimum absolute atomic E-state index is 0.406. The number of aryl methyl sites for hydroxylation is 1. The topological polar surface area (TPSA) is 35.0 Å². The normalized spacial score (nSPS) is 17.8. The zero-order chi connectivity index (χ0) is 11.2. The van der Waals surface area contributed by atoms with Crippen LogP contribution < -0.4 is 4.74 Å². The van der Waals surface area contributed by atoms with E-state index in [0.29, 0.717) is 16.9 Å². The molecule has 2 rings (SSSR count). The quantitative estimate of drug-likeness (QED) is 0.687. The van der Waals surface area contributed by atoms with Gasteiger partial charge in [0.15, 0.2) is 0 Å². The molecule has 5 heteroatoms. The molecule has 80 valence electrons. The minimum atomic E-state index is -0.406. The van der Waals surface area contributed by atoms with Crippen LogP contribution in [0.3, 0.4) is 0 Å². The van der Waals surface area contributed by atoms with E-state index in [1.165, 1.54) is 0 Å². The molecular formula is C10H10BrClN2O. The summed E-state index contributed by atoms with van der Waals surface area (Å²) in [6, 6.07) is 0. The molecule has 0 bridgehead atoms. The third-order valence-electron chi connectivity index (χ3n) is 2.17. The van der Waals surface area contributed by atoms with Crippen LogP contribution in [0.1, 0.15) is 25.2 Å². The zero-order valence-corrected chi connectivity index (χ0v) is 11.0. The average molecular weight is 290 g/mol. The minimum Gasteiger partial charge on any atom is -0.466 e. The summed E-state index contributed by atoms with van der Waals surface area (Å²) in [5.74, 6) is 1.15. The number of hydrogen-bond acceptors (Lipinski definition) is 3. The fourth-order valence-corrected chi connectivity index (χ4v) is 1.88. The van der Waals surface area contributed by atoms with Gasteiger partial charge in [-0.3, -0.25) is 0 Å². The van der Waals surface area contributed by atoms with Gasteiger partial charge >= 0.3 is 0 Å². The van der Waals surface area contributed by atoms with Crippen molar-refractivity contribution in [2.24, 2.45) is 0 Å². The van der Waals surface area contributed by atoms with Gasteiger partial charge in [0.2, 0.25) is 5.88 Å². The Bertz CT molecular complexity index is 457. The van der Waals surface area contributed by atoms with Crippen LogP contribution in [0.2, 0.25) is 5.15 Å². The Morgan fingerprint density at radius 1 is 1.40 bits per heavy atom. The molecule has 0 fully saturated rings. The van der Waals surface area contributed by atoms with Gasteiger partial charge in [0.25, 0.3) is 0 Å². The molecule has 2 heterocycles. The molecule has 0 aliphatic carbocycles. The van der Waals surface area contributed by atoms with E-state index in [2.05, 4.69) is 25.9 Å². The van der Waals surface area contributed by atoms with E-state index < -0.39 is 5.60 Å². The van der Waals surface area contributed by atoms with Crippen LogP contribution in [0.5, 0.6) is 5.88 Å². The Hall–Kier alpha value is -0.610. The molecule has 0 saturated heterocycles. The summed E-state index contributed by atoms with van der Waals surface area (Å²) in [6.45, 7) is 5.71. The van der Waals surface area contributed by atoms with Crippen LogP contribution in [0.15, 0.2) is 4.48 Å². The molecule has 0 saturated carbocycles. The standard InChI is InChI=1S/C10H10BrClN2O/c1-5-13-8(12)6-4-7(11)10(2,3)15-9(6)14-5/h4H,1-3H3. The van der Waals surface area contributed by atoms with Gasteiger partial charge < -0.3 is 4.74 Å². The monoisotopic (exact) mass is 288 g/mol. The van der Waals surface area contributed by atoms with Crippen molar-refractivity contribution in [1.29, 1.82) is 0 Å². The molecule has 1 aliphatic rings. The highest BCUT2D eigenvalue weighted by molar-refractivity contribution is 9.11. The van der Waals surface area contributed by atoms with Crippen molar-refractivity contribution in [3.63, 3.8) is 0 Å². The molecule has 15 heavy (non-hydrogen) atoms. The van der Waals surface area contributed by atoms with Gasteiger partial charge in [0.1, 0.15) is 16.6 Å². The maximum atomic E-state index is 6.01. The van der Waals surface area contributed by atoms with Crippen LogP contribution >= 0.6 is 27.5 Å². The zero-order valence-electron chi connectivity index (χ0n) is 8.64. The van der Waals surface area contributed by atoms with E-state index in [0.717, 1.165) is 10.0 Å². The van der Waals surface area contributed by atoms with E-state index in [-0.39, 0.29) is 0 Å². The van der Waals surface area contributed by atoms with E-state index >= 15 is 0 Å². The van der Waals surface area contributed by atoms with E-state index in [9.17, 15) is 0 Å². The summed E-state index contributed by atoms with van der Waals surface area (Å²) < 4.78 is 6.67. The molecule has 0 unspecified atom stereocenters. The maximum Gasteiger partial charge on any atom is 0.226 e. The van der Waals surface area contributed by atoms with E-state index in [1.54, 1.807) is 6.92 Å². The molecule has 1 aromatic rings. The summed E-state index contributed by atoms with van der Waals surface area (Å²) in [6.07, 6.45) is 1.90. The predicted molar refractivity (Wildman–Crippen MR) is 63.4 cm³/mol.